The van der Waals surface area contributed by atoms with Crippen LogP contribution in [0.25, 0.3) is 0 Å². The van der Waals surface area contributed by atoms with Gasteiger partial charge in [0.1, 0.15) is 0 Å². The number of hydrogen-bond acceptors (Lipinski definition) is 2. The molecule has 0 aromatic heterocycles. The third-order valence-electron chi connectivity index (χ3n) is 2.49. The lowest BCUT2D eigenvalue weighted by Crippen LogP contribution is -2.36. The van der Waals surface area contributed by atoms with E-state index in [2.05, 4.69) is 39.8 Å². The molecule has 0 bridgehead atoms. The van der Waals surface area contributed by atoms with Gasteiger partial charge in [0.15, 0.2) is 0 Å². The highest BCUT2D eigenvalue weighted by Gasteiger charge is 2.21. The van der Waals surface area contributed by atoms with Gasteiger partial charge in [-0.25, -0.2) is 4.79 Å². The molecule has 0 heterocycles. The number of carbonyl (C=O) groups excluding carboxylic acids is 1. The van der Waals surface area contributed by atoms with Crippen molar-refractivity contribution in [1.82, 2.24) is 5.32 Å². The Labute approximate surface area is 104 Å². The largest absolute Gasteiger partial charge is 0.453 e. The molecule has 1 aromatic carbocycles. The number of amides is 1. The van der Waals surface area contributed by atoms with Gasteiger partial charge in [0.25, 0.3) is 0 Å². The summed E-state index contributed by atoms with van der Waals surface area (Å²) in [7, 11) is 1.36. The second-order valence-electron chi connectivity index (χ2n) is 4.24. The molecule has 88 valence electrons. The fraction of sp³-hybridized carbons (Fsp3) is 0.417. The van der Waals surface area contributed by atoms with Gasteiger partial charge >= 0.3 is 6.09 Å². The molecular formula is C12H16BrNO2. The number of carbonyl (C=O) groups is 1. The Hall–Kier alpha value is -1.03. The van der Waals surface area contributed by atoms with E-state index in [4.69, 9.17) is 0 Å². The van der Waals surface area contributed by atoms with Gasteiger partial charge in [0.2, 0.25) is 0 Å². The topological polar surface area (TPSA) is 38.3 Å². The van der Waals surface area contributed by atoms with Crippen LogP contribution in [0.15, 0.2) is 28.7 Å². The van der Waals surface area contributed by atoms with E-state index in [1.54, 1.807) is 0 Å². The van der Waals surface area contributed by atoms with Gasteiger partial charge in [0.05, 0.1) is 7.11 Å². The summed E-state index contributed by atoms with van der Waals surface area (Å²) >= 11 is 3.40. The molecule has 0 aliphatic rings. The maximum absolute atomic E-state index is 11.0. The van der Waals surface area contributed by atoms with Crippen LogP contribution in [0.4, 0.5) is 4.79 Å². The smallest absolute Gasteiger partial charge is 0.406 e. The van der Waals surface area contributed by atoms with E-state index in [-0.39, 0.29) is 5.41 Å². The minimum Gasteiger partial charge on any atom is -0.453 e. The summed E-state index contributed by atoms with van der Waals surface area (Å²) in [6, 6.07) is 8.08. The monoisotopic (exact) mass is 285 g/mol. The molecule has 0 radical (unpaired) electrons. The minimum absolute atomic E-state index is 0.116. The number of ether oxygens (including phenoxy) is 1. The normalized spacial score (nSPS) is 11.0. The van der Waals surface area contributed by atoms with Crippen LogP contribution < -0.4 is 5.32 Å². The van der Waals surface area contributed by atoms with E-state index in [1.165, 1.54) is 12.7 Å². The number of hydrogen-bond donors (Lipinski definition) is 1. The highest BCUT2D eigenvalue weighted by Crippen LogP contribution is 2.23. The van der Waals surface area contributed by atoms with Crippen molar-refractivity contribution in [3.8, 4) is 0 Å². The standard InChI is InChI=1S/C12H16BrNO2/c1-12(2,8-14-11(15)16-3)9-4-6-10(13)7-5-9/h4-7H,8H2,1-3H3,(H,14,15). The number of alkyl carbamates (subject to hydrolysis) is 1. The van der Waals surface area contributed by atoms with E-state index in [0.717, 1.165) is 4.47 Å². The SMILES string of the molecule is COC(=O)NCC(C)(C)c1ccc(Br)cc1. The molecule has 0 saturated carbocycles. The Kier molecular flexibility index (Phi) is 4.35. The molecule has 4 heteroatoms. The molecule has 0 atom stereocenters. The summed E-state index contributed by atoms with van der Waals surface area (Å²) in [5.74, 6) is 0. The molecule has 1 aromatic rings. The third kappa shape index (κ3) is 3.52. The first-order valence-electron chi connectivity index (χ1n) is 5.03. The summed E-state index contributed by atoms with van der Waals surface area (Å²) in [5.41, 5.74) is 1.06. The minimum atomic E-state index is -0.398. The van der Waals surface area contributed by atoms with Crippen LogP contribution >= 0.6 is 15.9 Å². The van der Waals surface area contributed by atoms with Gasteiger partial charge in [0, 0.05) is 16.4 Å². The van der Waals surface area contributed by atoms with Crippen molar-refractivity contribution in [2.75, 3.05) is 13.7 Å². The second kappa shape index (κ2) is 5.34. The van der Waals surface area contributed by atoms with E-state index < -0.39 is 6.09 Å². The summed E-state index contributed by atoms with van der Waals surface area (Å²) in [5, 5.41) is 2.71. The van der Waals surface area contributed by atoms with Crippen molar-refractivity contribution in [2.45, 2.75) is 19.3 Å². The summed E-state index contributed by atoms with van der Waals surface area (Å²) in [4.78, 5) is 11.0. The molecule has 16 heavy (non-hydrogen) atoms. The zero-order valence-electron chi connectivity index (χ0n) is 9.71. The summed E-state index contributed by atoms with van der Waals surface area (Å²) in [6.45, 7) is 4.69. The number of methoxy groups -OCH3 is 1. The molecule has 0 unspecified atom stereocenters. The van der Waals surface area contributed by atoms with Crippen molar-refractivity contribution < 1.29 is 9.53 Å². The molecule has 0 spiro atoms. The predicted octanol–water partition coefficient (Wildman–Crippen LogP) is 3.08. The summed E-state index contributed by atoms with van der Waals surface area (Å²) in [6.07, 6.45) is -0.398. The molecule has 0 fully saturated rings. The van der Waals surface area contributed by atoms with Crippen molar-refractivity contribution >= 4 is 22.0 Å². The highest BCUT2D eigenvalue weighted by atomic mass is 79.9. The Morgan fingerprint density at radius 1 is 1.38 bits per heavy atom. The maximum atomic E-state index is 11.0. The first-order chi connectivity index (χ1) is 7.45. The average molecular weight is 286 g/mol. The lowest BCUT2D eigenvalue weighted by atomic mass is 9.85. The fourth-order valence-corrected chi connectivity index (χ4v) is 1.63. The van der Waals surface area contributed by atoms with Crippen molar-refractivity contribution in [3.63, 3.8) is 0 Å². The molecule has 0 aliphatic carbocycles. The summed E-state index contributed by atoms with van der Waals surface area (Å²) < 4.78 is 5.59. The van der Waals surface area contributed by atoms with Crippen LogP contribution in [-0.4, -0.2) is 19.7 Å². The molecular weight excluding hydrogens is 270 g/mol. The van der Waals surface area contributed by atoms with E-state index in [9.17, 15) is 4.79 Å². The van der Waals surface area contributed by atoms with Gasteiger partial charge < -0.3 is 10.1 Å². The lowest BCUT2D eigenvalue weighted by Gasteiger charge is -2.25. The number of benzene rings is 1. The van der Waals surface area contributed by atoms with Crippen molar-refractivity contribution in [1.29, 1.82) is 0 Å². The lowest BCUT2D eigenvalue weighted by molar-refractivity contribution is 0.168. The quantitative estimate of drug-likeness (QED) is 0.927. The zero-order chi connectivity index (χ0) is 12.2. The first kappa shape index (κ1) is 13.0. The Bertz CT molecular complexity index is 360. The molecule has 0 saturated heterocycles. The van der Waals surface area contributed by atoms with Gasteiger partial charge in [-0.1, -0.05) is 41.9 Å². The van der Waals surface area contributed by atoms with E-state index in [1.807, 2.05) is 24.3 Å². The van der Waals surface area contributed by atoms with Crippen LogP contribution in [0.5, 0.6) is 0 Å². The molecule has 0 aliphatic heterocycles. The Morgan fingerprint density at radius 3 is 2.44 bits per heavy atom. The molecule has 1 N–H and O–H groups in total. The van der Waals surface area contributed by atoms with Crippen molar-refractivity contribution in [3.05, 3.63) is 34.3 Å². The van der Waals surface area contributed by atoms with Crippen LogP contribution in [0.1, 0.15) is 19.4 Å². The molecule has 1 rings (SSSR count). The van der Waals surface area contributed by atoms with Gasteiger partial charge in [-0.15, -0.1) is 0 Å². The Morgan fingerprint density at radius 2 is 1.94 bits per heavy atom. The average Bonchev–Trinajstić information content (AvgIpc) is 2.26. The predicted molar refractivity (Wildman–Crippen MR) is 67.6 cm³/mol. The van der Waals surface area contributed by atoms with Gasteiger partial charge in [-0.3, -0.25) is 0 Å². The van der Waals surface area contributed by atoms with Gasteiger partial charge in [-0.05, 0) is 17.7 Å². The number of rotatable bonds is 3. The van der Waals surface area contributed by atoms with Crippen LogP contribution in [0, 0.1) is 0 Å². The van der Waals surface area contributed by atoms with Crippen LogP contribution in [-0.2, 0) is 10.2 Å². The number of halogens is 1. The third-order valence-corrected chi connectivity index (χ3v) is 3.01. The van der Waals surface area contributed by atoms with E-state index in [0.29, 0.717) is 6.54 Å². The van der Waals surface area contributed by atoms with Crippen LogP contribution in [0.2, 0.25) is 0 Å². The fourth-order valence-electron chi connectivity index (χ4n) is 1.37. The zero-order valence-corrected chi connectivity index (χ0v) is 11.3. The van der Waals surface area contributed by atoms with Crippen LogP contribution in [0.3, 0.4) is 0 Å². The maximum Gasteiger partial charge on any atom is 0.406 e. The Balaban J connectivity index is 2.69. The molecule has 3 nitrogen and oxygen atoms in total. The number of nitrogens with one attached hydrogen (secondary N) is 1. The second-order valence-corrected chi connectivity index (χ2v) is 5.15. The highest BCUT2D eigenvalue weighted by molar-refractivity contribution is 9.10. The molecule has 1 amide bonds. The van der Waals surface area contributed by atoms with Gasteiger partial charge in [-0.2, -0.15) is 0 Å². The van der Waals surface area contributed by atoms with Crippen molar-refractivity contribution in [2.24, 2.45) is 0 Å². The van der Waals surface area contributed by atoms with E-state index >= 15 is 0 Å². The first-order valence-corrected chi connectivity index (χ1v) is 5.83.